The second-order valence-electron chi connectivity index (χ2n) is 7.71. The molecule has 0 aliphatic carbocycles. The van der Waals surface area contributed by atoms with E-state index in [1.54, 1.807) is 24.3 Å². The number of halogens is 1. The standard InChI is InChI=1S/C24H20ClN3O3S/c25-17-8-7-16(14-19(17)26-22(29)21-6-3-13-32-21)24(30)28-11-9-15(10-12-28)23-27-18-4-1-2-5-20(18)31-23/h1-8,13-15H,9-12H2,(H,26,29). The molecule has 5 rings (SSSR count). The van der Waals surface area contributed by atoms with Gasteiger partial charge in [-0.25, -0.2) is 4.98 Å². The molecule has 162 valence electrons. The topological polar surface area (TPSA) is 75.4 Å². The van der Waals surface area contributed by atoms with E-state index in [1.165, 1.54) is 11.3 Å². The number of piperidine rings is 1. The van der Waals surface area contributed by atoms with Crippen molar-refractivity contribution in [3.63, 3.8) is 0 Å². The monoisotopic (exact) mass is 465 g/mol. The molecule has 3 heterocycles. The first-order chi connectivity index (χ1) is 15.6. The van der Waals surface area contributed by atoms with Gasteiger partial charge in [0.2, 0.25) is 0 Å². The molecule has 1 aliphatic rings. The summed E-state index contributed by atoms with van der Waals surface area (Å²) in [6.45, 7) is 1.23. The first-order valence-electron chi connectivity index (χ1n) is 10.4. The highest BCUT2D eigenvalue weighted by Gasteiger charge is 2.28. The van der Waals surface area contributed by atoms with Gasteiger partial charge in [0.05, 0.1) is 15.6 Å². The number of likely N-dealkylation sites (tertiary alicyclic amines) is 1. The summed E-state index contributed by atoms with van der Waals surface area (Å²) in [6.07, 6.45) is 1.57. The minimum atomic E-state index is -0.245. The van der Waals surface area contributed by atoms with Crippen molar-refractivity contribution in [3.8, 4) is 0 Å². The van der Waals surface area contributed by atoms with Gasteiger partial charge in [-0.3, -0.25) is 9.59 Å². The van der Waals surface area contributed by atoms with E-state index in [2.05, 4.69) is 10.3 Å². The van der Waals surface area contributed by atoms with Crippen LogP contribution in [-0.4, -0.2) is 34.8 Å². The molecule has 4 aromatic rings. The average molecular weight is 466 g/mol. The van der Waals surface area contributed by atoms with Crippen LogP contribution in [0.2, 0.25) is 5.02 Å². The number of hydrogen-bond acceptors (Lipinski definition) is 5. The van der Waals surface area contributed by atoms with Gasteiger partial charge in [0.15, 0.2) is 11.5 Å². The van der Waals surface area contributed by atoms with Crippen LogP contribution in [0, 0.1) is 0 Å². The third kappa shape index (κ3) is 4.13. The first-order valence-corrected chi connectivity index (χ1v) is 11.6. The Morgan fingerprint density at radius 3 is 2.66 bits per heavy atom. The molecule has 0 unspecified atom stereocenters. The van der Waals surface area contributed by atoms with Gasteiger partial charge in [0.25, 0.3) is 11.8 Å². The first kappa shape index (κ1) is 20.7. The summed E-state index contributed by atoms with van der Waals surface area (Å²) in [6, 6.07) is 16.3. The summed E-state index contributed by atoms with van der Waals surface area (Å²) in [4.78, 5) is 32.5. The van der Waals surface area contributed by atoms with Gasteiger partial charge in [-0.2, -0.15) is 0 Å². The molecule has 1 saturated heterocycles. The largest absolute Gasteiger partial charge is 0.440 e. The third-order valence-corrected chi connectivity index (χ3v) is 6.85. The molecule has 6 nitrogen and oxygen atoms in total. The SMILES string of the molecule is O=C(Nc1cc(C(=O)N2CCC(c3nc4ccccc4o3)CC2)ccc1Cl)c1cccs1. The van der Waals surface area contributed by atoms with E-state index in [1.807, 2.05) is 40.6 Å². The minimum Gasteiger partial charge on any atom is -0.440 e. The third-order valence-electron chi connectivity index (χ3n) is 5.65. The van der Waals surface area contributed by atoms with Crippen molar-refractivity contribution in [1.82, 2.24) is 9.88 Å². The molecule has 2 aromatic carbocycles. The molecule has 2 amide bonds. The summed E-state index contributed by atoms with van der Waals surface area (Å²) in [7, 11) is 0. The number of aromatic nitrogens is 1. The normalized spacial score (nSPS) is 14.6. The van der Waals surface area contributed by atoms with Crippen LogP contribution < -0.4 is 5.32 Å². The van der Waals surface area contributed by atoms with Gasteiger partial charge in [-0.15, -0.1) is 11.3 Å². The molecule has 1 aliphatic heterocycles. The van der Waals surface area contributed by atoms with E-state index in [0.29, 0.717) is 34.2 Å². The molecular weight excluding hydrogens is 446 g/mol. The van der Waals surface area contributed by atoms with E-state index < -0.39 is 0 Å². The van der Waals surface area contributed by atoms with Gasteiger partial charge < -0.3 is 14.6 Å². The van der Waals surface area contributed by atoms with E-state index in [4.69, 9.17) is 16.0 Å². The van der Waals surface area contributed by atoms with E-state index >= 15 is 0 Å². The van der Waals surface area contributed by atoms with Gasteiger partial charge in [-0.1, -0.05) is 29.8 Å². The summed E-state index contributed by atoms with van der Waals surface area (Å²) in [5.41, 5.74) is 2.58. The number of rotatable bonds is 4. The van der Waals surface area contributed by atoms with Crippen LogP contribution in [0.3, 0.4) is 0 Å². The van der Waals surface area contributed by atoms with Crippen LogP contribution >= 0.6 is 22.9 Å². The molecule has 0 bridgehead atoms. The van der Waals surface area contributed by atoms with Gasteiger partial charge in [-0.05, 0) is 54.6 Å². The smallest absolute Gasteiger partial charge is 0.265 e. The highest BCUT2D eigenvalue weighted by atomic mass is 35.5. The number of oxazole rings is 1. The Kier molecular flexibility index (Phi) is 5.68. The van der Waals surface area contributed by atoms with E-state index in [-0.39, 0.29) is 17.7 Å². The number of hydrogen-bond donors (Lipinski definition) is 1. The minimum absolute atomic E-state index is 0.0793. The Morgan fingerprint density at radius 2 is 1.91 bits per heavy atom. The number of carbonyl (C=O) groups is 2. The number of benzene rings is 2. The summed E-state index contributed by atoms with van der Waals surface area (Å²) in [5.74, 6) is 0.607. The van der Waals surface area contributed by atoms with Crippen molar-refractivity contribution in [2.45, 2.75) is 18.8 Å². The molecule has 32 heavy (non-hydrogen) atoms. The Morgan fingerprint density at radius 1 is 1.09 bits per heavy atom. The lowest BCUT2D eigenvalue weighted by molar-refractivity contribution is 0.0706. The number of fused-ring (bicyclic) bond motifs is 1. The van der Waals surface area contributed by atoms with Crippen LogP contribution in [0.1, 0.15) is 44.7 Å². The Bertz CT molecular complexity index is 1240. The fourth-order valence-corrected chi connectivity index (χ4v) is 4.71. The summed E-state index contributed by atoms with van der Waals surface area (Å²) >= 11 is 7.60. The number of nitrogens with zero attached hydrogens (tertiary/aromatic N) is 2. The van der Waals surface area contributed by atoms with Crippen molar-refractivity contribution < 1.29 is 14.0 Å². The Balaban J connectivity index is 1.26. The zero-order valence-electron chi connectivity index (χ0n) is 17.1. The molecule has 1 N–H and O–H groups in total. The fraction of sp³-hybridized carbons (Fsp3) is 0.208. The fourth-order valence-electron chi connectivity index (χ4n) is 3.92. The maximum atomic E-state index is 13.1. The van der Waals surface area contributed by atoms with Gasteiger partial charge in [0.1, 0.15) is 5.52 Å². The summed E-state index contributed by atoms with van der Waals surface area (Å²) < 4.78 is 5.92. The predicted molar refractivity (Wildman–Crippen MR) is 126 cm³/mol. The number of carbonyl (C=O) groups excluding carboxylic acids is 2. The van der Waals surface area contributed by atoms with Gasteiger partial charge >= 0.3 is 0 Å². The van der Waals surface area contributed by atoms with Crippen LogP contribution in [0.5, 0.6) is 0 Å². The van der Waals surface area contributed by atoms with Crippen LogP contribution in [0.4, 0.5) is 5.69 Å². The Hall–Kier alpha value is -3.16. The lowest BCUT2D eigenvalue weighted by Gasteiger charge is -2.30. The van der Waals surface area contributed by atoms with Crippen molar-refractivity contribution in [1.29, 1.82) is 0 Å². The lowest BCUT2D eigenvalue weighted by Crippen LogP contribution is -2.38. The predicted octanol–water partition coefficient (Wildman–Crippen LogP) is 5.81. The molecule has 0 saturated carbocycles. The average Bonchev–Trinajstić information content (AvgIpc) is 3.50. The quantitative estimate of drug-likeness (QED) is 0.412. The van der Waals surface area contributed by atoms with Crippen LogP contribution in [-0.2, 0) is 0 Å². The number of nitrogens with one attached hydrogen (secondary N) is 1. The second-order valence-corrected chi connectivity index (χ2v) is 9.07. The van der Waals surface area contributed by atoms with Crippen molar-refractivity contribution >= 4 is 51.5 Å². The molecular formula is C24H20ClN3O3S. The number of amides is 2. The van der Waals surface area contributed by atoms with Crippen LogP contribution in [0.25, 0.3) is 11.1 Å². The lowest BCUT2D eigenvalue weighted by atomic mass is 9.96. The molecule has 0 atom stereocenters. The maximum absolute atomic E-state index is 13.1. The second kappa shape index (κ2) is 8.76. The summed E-state index contributed by atoms with van der Waals surface area (Å²) in [5, 5.41) is 5.02. The molecule has 8 heteroatoms. The molecule has 0 spiro atoms. The van der Waals surface area contributed by atoms with Crippen molar-refractivity contribution in [2.75, 3.05) is 18.4 Å². The molecule has 1 fully saturated rings. The number of thiophene rings is 1. The highest BCUT2D eigenvalue weighted by molar-refractivity contribution is 7.12. The number of anilines is 1. The van der Waals surface area contributed by atoms with Crippen molar-refractivity contribution in [2.24, 2.45) is 0 Å². The maximum Gasteiger partial charge on any atom is 0.265 e. The van der Waals surface area contributed by atoms with Crippen molar-refractivity contribution in [3.05, 3.63) is 81.3 Å². The molecule has 2 aromatic heterocycles. The Labute approximate surface area is 193 Å². The van der Waals surface area contributed by atoms with Gasteiger partial charge in [0, 0.05) is 24.6 Å². The van der Waals surface area contributed by atoms with E-state index in [0.717, 1.165) is 29.8 Å². The highest BCUT2D eigenvalue weighted by Crippen LogP contribution is 2.31. The molecule has 0 radical (unpaired) electrons. The van der Waals surface area contributed by atoms with Crippen LogP contribution in [0.15, 0.2) is 64.4 Å². The zero-order chi connectivity index (χ0) is 22.1. The van der Waals surface area contributed by atoms with E-state index in [9.17, 15) is 9.59 Å². The number of para-hydroxylation sites is 2. The zero-order valence-corrected chi connectivity index (χ0v) is 18.7.